The Labute approximate surface area is 103 Å². The second-order valence-electron chi connectivity index (χ2n) is 3.21. The second-order valence-corrected chi connectivity index (χ2v) is 4.23. The maximum atomic E-state index is 11.2. The van der Waals surface area contributed by atoms with Crippen molar-refractivity contribution in [3.63, 3.8) is 0 Å². The van der Waals surface area contributed by atoms with Gasteiger partial charge in [-0.25, -0.2) is 0 Å². The summed E-state index contributed by atoms with van der Waals surface area (Å²) in [6.45, 7) is 2.08. The second kappa shape index (κ2) is 6.15. The highest BCUT2D eigenvalue weighted by atomic mass is 32.2. The lowest BCUT2D eigenvalue weighted by molar-refractivity contribution is -0.139. The smallest absolute Gasteiger partial charge is 0.316 e. The van der Waals surface area contributed by atoms with Gasteiger partial charge in [-0.1, -0.05) is 0 Å². The van der Waals surface area contributed by atoms with E-state index in [4.69, 9.17) is 16.2 Å². The molecule has 0 fully saturated rings. The first-order valence-corrected chi connectivity index (χ1v) is 6.01. The van der Waals surface area contributed by atoms with Crippen molar-refractivity contribution in [1.82, 2.24) is 0 Å². The largest absolute Gasteiger partial charge is 0.465 e. The van der Waals surface area contributed by atoms with Crippen molar-refractivity contribution in [1.29, 1.82) is 0 Å². The van der Waals surface area contributed by atoms with Crippen LogP contribution in [0.5, 0.6) is 0 Å². The van der Waals surface area contributed by atoms with Crippen LogP contribution in [0, 0.1) is 0 Å². The fraction of sp³-hybridized carbons (Fsp3) is 0.273. The number of rotatable bonds is 5. The van der Waals surface area contributed by atoms with E-state index >= 15 is 0 Å². The van der Waals surface area contributed by atoms with Gasteiger partial charge in [0.2, 0.25) is 5.91 Å². The Hall–Kier alpha value is -1.69. The molecule has 1 aromatic rings. The lowest BCUT2D eigenvalue weighted by Crippen LogP contribution is -2.11. The third kappa shape index (κ3) is 3.99. The molecule has 17 heavy (non-hydrogen) atoms. The maximum Gasteiger partial charge on any atom is 0.316 e. The van der Waals surface area contributed by atoms with Gasteiger partial charge in [0.1, 0.15) is 0 Å². The van der Waals surface area contributed by atoms with Gasteiger partial charge in [-0.3, -0.25) is 9.59 Å². The maximum absolute atomic E-state index is 11.2. The zero-order valence-corrected chi connectivity index (χ0v) is 10.3. The molecule has 4 N–H and O–H groups in total. The zero-order chi connectivity index (χ0) is 12.8. The van der Waals surface area contributed by atoms with Crippen LogP contribution in [-0.4, -0.2) is 24.2 Å². The van der Waals surface area contributed by atoms with E-state index in [1.54, 1.807) is 25.1 Å². The van der Waals surface area contributed by atoms with Gasteiger partial charge < -0.3 is 16.2 Å². The Morgan fingerprint density at radius 1 is 1.41 bits per heavy atom. The number of primary amides is 1. The Balaban J connectivity index is 2.73. The highest BCUT2D eigenvalue weighted by Crippen LogP contribution is 2.26. The van der Waals surface area contributed by atoms with Gasteiger partial charge in [0.05, 0.1) is 12.4 Å². The number of anilines is 1. The van der Waals surface area contributed by atoms with Crippen LogP contribution in [0.4, 0.5) is 5.69 Å². The molecule has 0 saturated heterocycles. The number of nitrogen functional groups attached to an aromatic ring is 1. The van der Waals surface area contributed by atoms with Crippen molar-refractivity contribution in [2.24, 2.45) is 5.73 Å². The number of esters is 1. The van der Waals surface area contributed by atoms with E-state index in [1.165, 1.54) is 11.8 Å². The topological polar surface area (TPSA) is 95.4 Å². The number of ether oxygens (including phenoxy) is 1. The van der Waals surface area contributed by atoms with Crippen molar-refractivity contribution in [2.45, 2.75) is 11.8 Å². The number of hydrogen-bond acceptors (Lipinski definition) is 5. The predicted octanol–water partition coefficient (Wildman–Crippen LogP) is 1.02. The summed E-state index contributed by atoms with van der Waals surface area (Å²) in [7, 11) is 0. The van der Waals surface area contributed by atoms with Gasteiger partial charge in [-0.05, 0) is 25.1 Å². The van der Waals surface area contributed by atoms with Crippen LogP contribution >= 0.6 is 11.8 Å². The van der Waals surface area contributed by atoms with E-state index < -0.39 is 5.91 Å². The molecule has 1 aromatic carbocycles. The summed E-state index contributed by atoms with van der Waals surface area (Å²) in [6.07, 6.45) is 0. The van der Waals surface area contributed by atoms with E-state index in [0.717, 1.165) is 0 Å². The summed E-state index contributed by atoms with van der Waals surface area (Å²) in [5.74, 6) is -0.690. The molecule has 5 nitrogen and oxygen atoms in total. The summed E-state index contributed by atoms with van der Waals surface area (Å²) in [5, 5.41) is 0. The Morgan fingerprint density at radius 3 is 2.71 bits per heavy atom. The van der Waals surface area contributed by atoms with Crippen molar-refractivity contribution in [2.75, 3.05) is 18.1 Å². The van der Waals surface area contributed by atoms with Crippen molar-refractivity contribution in [3.05, 3.63) is 23.8 Å². The highest BCUT2D eigenvalue weighted by Gasteiger charge is 2.08. The summed E-state index contributed by atoms with van der Waals surface area (Å²) in [5.41, 5.74) is 11.8. The molecule has 0 aliphatic heterocycles. The minimum Gasteiger partial charge on any atom is -0.465 e. The number of hydrogen-bond donors (Lipinski definition) is 2. The predicted molar refractivity (Wildman–Crippen MR) is 66.7 cm³/mol. The molecule has 0 atom stereocenters. The summed E-state index contributed by atoms with van der Waals surface area (Å²) in [6, 6.07) is 4.71. The average molecular weight is 254 g/mol. The Bertz CT molecular complexity index is 435. The molecule has 0 aromatic heterocycles. The normalized spacial score (nSPS) is 9.94. The van der Waals surface area contributed by atoms with Gasteiger partial charge in [0, 0.05) is 16.1 Å². The molecule has 1 rings (SSSR count). The minimum atomic E-state index is -0.525. The molecule has 0 unspecified atom stereocenters. The first kappa shape index (κ1) is 13.4. The van der Waals surface area contributed by atoms with E-state index in [0.29, 0.717) is 22.8 Å². The van der Waals surface area contributed by atoms with Crippen LogP contribution in [0.15, 0.2) is 23.1 Å². The van der Waals surface area contributed by atoms with E-state index in [1.807, 2.05) is 0 Å². The monoisotopic (exact) mass is 254 g/mol. The number of thioether (sulfide) groups is 1. The molecule has 6 heteroatoms. The lowest BCUT2D eigenvalue weighted by atomic mass is 10.2. The quantitative estimate of drug-likeness (QED) is 0.464. The molecule has 92 valence electrons. The van der Waals surface area contributed by atoms with E-state index in [-0.39, 0.29) is 11.7 Å². The lowest BCUT2D eigenvalue weighted by Gasteiger charge is -2.06. The number of benzene rings is 1. The molecule has 0 aliphatic rings. The fourth-order valence-corrected chi connectivity index (χ4v) is 1.95. The zero-order valence-electron chi connectivity index (χ0n) is 9.43. The standard InChI is InChI=1S/C11H14N2O3S/c1-2-16-10(14)6-17-9-5-7(11(13)15)3-4-8(9)12/h3-5H,2,6,12H2,1H3,(H2,13,15). The van der Waals surface area contributed by atoms with Gasteiger partial charge in [0.15, 0.2) is 0 Å². The third-order valence-corrected chi connectivity index (χ3v) is 2.99. The van der Waals surface area contributed by atoms with Crippen LogP contribution in [-0.2, 0) is 9.53 Å². The van der Waals surface area contributed by atoms with Crippen LogP contribution in [0.2, 0.25) is 0 Å². The van der Waals surface area contributed by atoms with Crippen molar-refractivity contribution < 1.29 is 14.3 Å². The van der Waals surface area contributed by atoms with Crippen LogP contribution < -0.4 is 11.5 Å². The SMILES string of the molecule is CCOC(=O)CSc1cc(C(N)=O)ccc1N. The minimum absolute atomic E-state index is 0.153. The molecule has 1 amide bonds. The van der Waals surface area contributed by atoms with Gasteiger partial charge in [-0.15, -0.1) is 11.8 Å². The molecule has 0 radical (unpaired) electrons. The number of carbonyl (C=O) groups is 2. The first-order chi connectivity index (χ1) is 8.04. The van der Waals surface area contributed by atoms with Crippen molar-refractivity contribution >= 4 is 29.3 Å². The molecular formula is C11H14N2O3S. The number of nitrogens with two attached hydrogens (primary N) is 2. The first-order valence-electron chi connectivity index (χ1n) is 5.02. The van der Waals surface area contributed by atoms with Crippen molar-refractivity contribution in [3.8, 4) is 0 Å². The number of carbonyl (C=O) groups excluding carboxylic acids is 2. The van der Waals surface area contributed by atoms with Gasteiger partial charge in [-0.2, -0.15) is 0 Å². The molecule has 0 heterocycles. The molecule has 0 saturated carbocycles. The van der Waals surface area contributed by atoms with Crippen LogP contribution in [0.1, 0.15) is 17.3 Å². The van der Waals surface area contributed by atoms with Crippen LogP contribution in [0.3, 0.4) is 0 Å². The van der Waals surface area contributed by atoms with Crippen LogP contribution in [0.25, 0.3) is 0 Å². The summed E-state index contributed by atoms with van der Waals surface area (Å²) in [4.78, 5) is 22.8. The molecule has 0 spiro atoms. The van der Waals surface area contributed by atoms with Gasteiger partial charge >= 0.3 is 5.97 Å². The summed E-state index contributed by atoms with van der Waals surface area (Å²) < 4.78 is 4.79. The number of amides is 1. The molecule has 0 bridgehead atoms. The molecular weight excluding hydrogens is 240 g/mol. The van der Waals surface area contributed by atoms with E-state index in [9.17, 15) is 9.59 Å². The van der Waals surface area contributed by atoms with Gasteiger partial charge in [0.25, 0.3) is 0 Å². The average Bonchev–Trinajstić information content (AvgIpc) is 2.28. The molecule has 0 aliphatic carbocycles. The third-order valence-electron chi connectivity index (χ3n) is 1.95. The van der Waals surface area contributed by atoms with E-state index in [2.05, 4.69) is 0 Å². The Morgan fingerprint density at radius 2 is 2.12 bits per heavy atom. The summed E-state index contributed by atoms with van der Waals surface area (Å²) >= 11 is 1.22. The Kier molecular flexibility index (Phi) is 4.84. The fourth-order valence-electron chi connectivity index (χ4n) is 1.15. The highest BCUT2D eigenvalue weighted by molar-refractivity contribution is 8.00.